The summed E-state index contributed by atoms with van der Waals surface area (Å²) in [5, 5.41) is 0. The lowest BCUT2D eigenvalue weighted by Gasteiger charge is -2.31. The van der Waals surface area contributed by atoms with E-state index >= 15 is 0 Å². The highest BCUT2D eigenvalue weighted by molar-refractivity contribution is 4.79. The first-order chi connectivity index (χ1) is 4.22. The highest BCUT2D eigenvalue weighted by atomic mass is 14.7. The lowest BCUT2D eigenvalue weighted by molar-refractivity contribution is 0.251. The third kappa shape index (κ3) is 1.45. The van der Waals surface area contributed by atoms with E-state index in [1.807, 2.05) is 0 Å². The molecule has 1 saturated carbocycles. The van der Waals surface area contributed by atoms with E-state index in [4.69, 9.17) is 5.73 Å². The van der Waals surface area contributed by atoms with Crippen LogP contribution in [0.25, 0.3) is 0 Å². The Hall–Kier alpha value is -0.0400. The molecule has 0 radical (unpaired) electrons. The number of nitrogens with two attached hydrogens (primary N) is 1. The fourth-order valence-corrected chi connectivity index (χ4v) is 1.71. The molecule has 1 heteroatoms. The van der Waals surface area contributed by atoms with Crippen LogP contribution in [-0.4, -0.2) is 6.04 Å². The summed E-state index contributed by atoms with van der Waals surface area (Å²) in [6.45, 7) is 4.53. The van der Waals surface area contributed by atoms with Gasteiger partial charge in [0.15, 0.2) is 0 Å². The standard InChI is InChI=1S/C8H17N/c1-6-4-3-5-7(2)8(6)9/h6-8H,3-5,9H2,1-2H3/t6-,7+,8+. The van der Waals surface area contributed by atoms with Crippen molar-refractivity contribution in [3.63, 3.8) is 0 Å². The molecule has 2 N–H and O–H groups in total. The van der Waals surface area contributed by atoms with Crippen molar-refractivity contribution in [1.29, 1.82) is 0 Å². The molecule has 1 fully saturated rings. The largest absolute Gasteiger partial charge is 0.327 e. The zero-order valence-corrected chi connectivity index (χ0v) is 6.43. The van der Waals surface area contributed by atoms with E-state index in [9.17, 15) is 0 Å². The lowest BCUT2D eigenvalue weighted by Crippen LogP contribution is -2.37. The topological polar surface area (TPSA) is 26.0 Å². The molecule has 9 heavy (non-hydrogen) atoms. The Kier molecular flexibility index (Phi) is 2.12. The van der Waals surface area contributed by atoms with E-state index in [1.54, 1.807) is 0 Å². The molecule has 0 bridgehead atoms. The Morgan fingerprint density at radius 2 is 1.56 bits per heavy atom. The fourth-order valence-electron chi connectivity index (χ4n) is 1.71. The molecule has 54 valence electrons. The summed E-state index contributed by atoms with van der Waals surface area (Å²) in [4.78, 5) is 0. The van der Waals surface area contributed by atoms with Crippen molar-refractivity contribution in [1.82, 2.24) is 0 Å². The second kappa shape index (κ2) is 2.70. The molecular formula is C8H17N. The lowest BCUT2D eigenvalue weighted by atomic mass is 9.79. The van der Waals surface area contributed by atoms with E-state index in [1.165, 1.54) is 19.3 Å². The van der Waals surface area contributed by atoms with Crippen molar-refractivity contribution in [2.45, 2.75) is 39.2 Å². The zero-order valence-electron chi connectivity index (χ0n) is 6.43. The average molecular weight is 127 g/mol. The van der Waals surface area contributed by atoms with Crippen LogP contribution in [0, 0.1) is 11.8 Å². The second-order valence-electron chi connectivity index (χ2n) is 3.46. The van der Waals surface area contributed by atoms with Crippen LogP contribution in [0.15, 0.2) is 0 Å². The molecule has 1 nitrogen and oxygen atoms in total. The van der Waals surface area contributed by atoms with Gasteiger partial charge in [-0.25, -0.2) is 0 Å². The van der Waals surface area contributed by atoms with Gasteiger partial charge in [0.05, 0.1) is 0 Å². The van der Waals surface area contributed by atoms with Gasteiger partial charge in [0.1, 0.15) is 0 Å². The number of rotatable bonds is 0. The Bertz CT molecular complexity index is 80.6. The molecule has 0 aromatic carbocycles. The van der Waals surface area contributed by atoms with Crippen LogP contribution in [0.4, 0.5) is 0 Å². The molecule has 1 aliphatic rings. The van der Waals surface area contributed by atoms with Crippen LogP contribution in [0.3, 0.4) is 0 Å². The van der Waals surface area contributed by atoms with Gasteiger partial charge in [0.25, 0.3) is 0 Å². The smallest absolute Gasteiger partial charge is 0.00903 e. The quantitative estimate of drug-likeness (QED) is 0.527. The molecular weight excluding hydrogens is 110 g/mol. The summed E-state index contributed by atoms with van der Waals surface area (Å²) in [7, 11) is 0. The van der Waals surface area contributed by atoms with Crippen LogP contribution >= 0.6 is 0 Å². The molecule has 0 spiro atoms. The SMILES string of the molecule is C[C@@H]1CCC[C@H](C)[C@H]1N. The first-order valence-corrected chi connectivity index (χ1v) is 3.97. The molecule has 0 aromatic rings. The summed E-state index contributed by atoms with van der Waals surface area (Å²) >= 11 is 0. The van der Waals surface area contributed by atoms with Crippen molar-refractivity contribution < 1.29 is 0 Å². The van der Waals surface area contributed by atoms with Gasteiger partial charge in [0, 0.05) is 6.04 Å². The van der Waals surface area contributed by atoms with Crippen molar-refractivity contribution in [2.75, 3.05) is 0 Å². The van der Waals surface area contributed by atoms with E-state index < -0.39 is 0 Å². The molecule has 1 rings (SSSR count). The fraction of sp³-hybridized carbons (Fsp3) is 1.00. The summed E-state index contributed by atoms with van der Waals surface area (Å²) in [5.41, 5.74) is 5.92. The normalized spacial score (nSPS) is 45.0. The maximum atomic E-state index is 5.92. The monoisotopic (exact) mass is 127 g/mol. The van der Waals surface area contributed by atoms with Crippen LogP contribution in [0.1, 0.15) is 33.1 Å². The molecule has 1 aliphatic carbocycles. The Morgan fingerprint density at radius 3 is 1.89 bits per heavy atom. The van der Waals surface area contributed by atoms with E-state index in [0.29, 0.717) is 6.04 Å². The molecule has 0 aromatic heterocycles. The van der Waals surface area contributed by atoms with Gasteiger partial charge in [-0.05, 0) is 24.7 Å². The minimum atomic E-state index is 0.471. The summed E-state index contributed by atoms with van der Waals surface area (Å²) in [5.74, 6) is 1.52. The van der Waals surface area contributed by atoms with Crippen LogP contribution in [-0.2, 0) is 0 Å². The van der Waals surface area contributed by atoms with Gasteiger partial charge in [-0.1, -0.05) is 20.3 Å². The van der Waals surface area contributed by atoms with Crippen LogP contribution < -0.4 is 5.73 Å². The van der Waals surface area contributed by atoms with Crippen molar-refractivity contribution in [3.05, 3.63) is 0 Å². The highest BCUT2D eigenvalue weighted by Gasteiger charge is 2.23. The average Bonchev–Trinajstić information content (AvgIpc) is 1.83. The predicted molar refractivity (Wildman–Crippen MR) is 40.2 cm³/mol. The van der Waals surface area contributed by atoms with E-state index in [2.05, 4.69) is 13.8 Å². The minimum absolute atomic E-state index is 0.471. The van der Waals surface area contributed by atoms with Gasteiger partial charge < -0.3 is 5.73 Å². The first kappa shape index (κ1) is 7.07. The van der Waals surface area contributed by atoms with E-state index in [-0.39, 0.29) is 0 Å². The van der Waals surface area contributed by atoms with E-state index in [0.717, 1.165) is 11.8 Å². The van der Waals surface area contributed by atoms with Gasteiger partial charge in [-0.3, -0.25) is 0 Å². The van der Waals surface area contributed by atoms with Crippen molar-refractivity contribution in [3.8, 4) is 0 Å². The number of hydrogen-bond acceptors (Lipinski definition) is 1. The molecule has 0 heterocycles. The molecule has 0 unspecified atom stereocenters. The summed E-state index contributed by atoms with van der Waals surface area (Å²) in [6.07, 6.45) is 4.06. The van der Waals surface area contributed by atoms with Gasteiger partial charge in [0.2, 0.25) is 0 Å². The Morgan fingerprint density at radius 1 is 1.11 bits per heavy atom. The van der Waals surface area contributed by atoms with Gasteiger partial charge in [-0.15, -0.1) is 0 Å². The third-order valence-electron chi connectivity index (χ3n) is 2.63. The van der Waals surface area contributed by atoms with Gasteiger partial charge in [-0.2, -0.15) is 0 Å². The maximum Gasteiger partial charge on any atom is 0.00903 e. The zero-order chi connectivity index (χ0) is 6.85. The molecule has 3 atom stereocenters. The second-order valence-corrected chi connectivity index (χ2v) is 3.46. The molecule has 0 amide bonds. The van der Waals surface area contributed by atoms with Crippen LogP contribution in [0.5, 0.6) is 0 Å². The van der Waals surface area contributed by atoms with Gasteiger partial charge >= 0.3 is 0 Å². The highest BCUT2D eigenvalue weighted by Crippen LogP contribution is 2.26. The third-order valence-corrected chi connectivity index (χ3v) is 2.63. The van der Waals surface area contributed by atoms with Crippen molar-refractivity contribution in [2.24, 2.45) is 17.6 Å². The van der Waals surface area contributed by atoms with Crippen LogP contribution in [0.2, 0.25) is 0 Å². The first-order valence-electron chi connectivity index (χ1n) is 3.97. The summed E-state index contributed by atoms with van der Waals surface area (Å²) in [6, 6.07) is 0.471. The summed E-state index contributed by atoms with van der Waals surface area (Å²) < 4.78 is 0. The Labute approximate surface area is 57.6 Å². The van der Waals surface area contributed by atoms with Crippen molar-refractivity contribution >= 4 is 0 Å². The minimum Gasteiger partial charge on any atom is -0.327 e. The Balaban J connectivity index is 2.41. The number of hydrogen-bond donors (Lipinski definition) is 1. The molecule has 0 aliphatic heterocycles. The maximum absolute atomic E-state index is 5.92. The predicted octanol–water partition coefficient (Wildman–Crippen LogP) is 1.77. The molecule has 0 saturated heterocycles.